The highest BCUT2D eigenvalue weighted by Crippen LogP contribution is 2.25. The number of rotatable bonds is 4. The number of unbranched alkanes of at least 4 members (excludes halogenated alkanes) is 1. The van der Waals surface area contributed by atoms with E-state index in [-0.39, 0.29) is 0 Å². The van der Waals surface area contributed by atoms with E-state index < -0.39 is 0 Å². The first-order valence-electron chi connectivity index (χ1n) is 6.51. The van der Waals surface area contributed by atoms with E-state index in [9.17, 15) is 0 Å². The number of nitriles is 1. The Bertz CT molecular complexity index is 417. The Morgan fingerprint density at radius 2 is 2.00 bits per heavy atom. The standard InChI is InChI=1S/C15H20N2/c1-17(11-5-4-10-16)15-9-8-13-6-2-3-7-14(13)12-15/h8-9,12H,2-7,11H2,1H3. The van der Waals surface area contributed by atoms with Crippen LogP contribution in [0.2, 0.25) is 0 Å². The summed E-state index contributed by atoms with van der Waals surface area (Å²) in [4.78, 5) is 2.26. The van der Waals surface area contributed by atoms with Gasteiger partial charge in [0, 0.05) is 25.7 Å². The molecule has 0 saturated carbocycles. The first-order chi connectivity index (χ1) is 8.31. The van der Waals surface area contributed by atoms with Crippen molar-refractivity contribution in [3.8, 4) is 6.07 Å². The van der Waals surface area contributed by atoms with Crippen LogP contribution < -0.4 is 4.90 Å². The highest BCUT2D eigenvalue weighted by atomic mass is 15.1. The molecule has 0 fully saturated rings. The Morgan fingerprint density at radius 3 is 2.76 bits per heavy atom. The van der Waals surface area contributed by atoms with Gasteiger partial charge in [0.15, 0.2) is 0 Å². The molecule has 1 aromatic rings. The second-order valence-electron chi connectivity index (χ2n) is 4.84. The summed E-state index contributed by atoms with van der Waals surface area (Å²) < 4.78 is 0. The van der Waals surface area contributed by atoms with E-state index in [0.29, 0.717) is 6.42 Å². The molecule has 0 unspecified atom stereocenters. The van der Waals surface area contributed by atoms with Gasteiger partial charge in [-0.1, -0.05) is 6.07 Å². The molecule has 1 aliphatic rings. The van der Waals surface area contributed by atoms with Crippen molar-refractivity contribution in [2.45, 2.75) is 38.5 Å². The molecular formula is C15H20N2. The van der Waals surface area contributed by atoms with Crippen molar-refractivity contribution in [2.75, 3.05) is 18.5 Å². The molecule has 2 heteroatoms. The van der Waals surface area contributed by atoms with Crippen molar-refractivity contribution in [3.63, 3.8) is 0 Å². The maximum atomic E-state index is 8.54. The minimum atomic E-state index is 0.648. The number of nitrogens with zero attached hydrogens (tertiary/aromatic N) is 2. The van der Waals surface area contributed by atoms with E-state index in [2.05, 4.69) is 36.2 Å². The molecule has 17 heavy (non-hydrogen) atoms. The number of fused-ring (bicyclic) bond motifs is 1. The summed E-state index contributed by atoms with van der Waals surface area (Å²) in [6, 6.07) is 9.03. The Balaban J connectivity index is 2.03. The lowest BCUT2D eigenvalue weighted by atomic mass is 9.91. The van der Waals surface area contributed by atoms with E-state index in [1.807, 2.05) is 0 Å². The van der Waals surface area contributed by atoms with Gasteiger partial charge in [-0.15, -0.1) is 0 Å². The van der Waals surface area contributed by atoms with Crippen LogP contribution in [0.15, 0.2) is 18.2 Å². The number of hydrogen-bond donors (Lipinski definition) is 0. The summed E-state index contributed by atoms with van der Waals surface area (Å²) in [6.45, 7) is 0.965. The minimum absolute atomic E-state index is 0.648. The Kier molecular flexibility index (Phi) is 4.03. The van der Waals surface area contributed by atoms with E-state index in [1.54, 1.807) is 0 Å². The van der Waals surface area contributed by atoms with Gasteiger partial charge in [0.1, 0.15) is 0 Å². The Labute approximate surface area is 104 Å². The van der Waals surface area contributed by atoms with Gasteiger partial charge in [-0.25, -0.2) is 0 Å². The molecule has 0 N–H and O–H groups in total. The molecular weight excluding hydrogens is 208 g/mol. The predicted molar refractivity (Wildman–Crippen MR) is 71.2 cm³/mol. The van der Waals surface area contributed by atoms with Crippen molar-refractivity contribution in [3.05, 3.63) is 29.3 Å². The molecule has 0 bridgehead atoms. The average Bonchev–Trinajstić information content (AvgIpc) is 2.38. The second-order valence-corrected chi connectivity index (χ2v) is 4.84. The van der Waals surface area contributed by atoms with Crippen LogP contribution in [-0.2, 0) is 12.8 Å². The summed E-state index contributed by atoms with van der Waals surface area (Å²) in [5.74, 6) is 0. The topological polar surface area (TPSA) is 27.0 Å². The van der Waals surface area contributed by atoms with Crippen LogP contribution in [0.4, 0.5) is 5.69 Å². The van der Waals surface area contributed by atoms with Gasteiger partial charge in [0.05, 0.1) is 6.07 Å². The van der Waals surface area contributed by atoms with Crippen LogP contribution in [-0.4, -0.2) is 13.6 Å². The quantitative estimate of drug-likeness (QED) is 0.739. The largest absolute Gasteiger partial charge is 0.375 e. The zero-order valence-corrected chi connectivity index (χ0v) is 10.6. The minimum Gasteiger partial charge on any atom is -0.375 e. The molecule has 0 atom stereocenters. The first-order valence-corrected chi connectivity index (χ1v) is 6.51. The van der Waals surface area contributed by atoms with Crippen LogP contribution in [0.5, 0.6) is 0 Å². The van der Waals surface area contributed by atoms with Crippen LogP contribution in [0.3, 0.4) is 0 Å². The number of aryl methyl sites for hydroxylation is 2. The van der Waals surface area contributed by atoms with Crippen LogP contribution in [0.25, 0.3) is 0 Å². The molecule has 0 saturated heterocycles. The summed E-state index contributed by atoms with van der Waals surface area (Å²) in [5.41, 5.74) is 4.36. The number of anilines is 1. The molecule has 0 aromatic heterocycles. The van der Waals surface area contributed by atoms with Gasteiger partial charge < -0.3 is 4.90 Å². The summed E-state index contributed by atoms with van der Waals surface area (Å²) >= 11 is 0. The molecule has 1 aromatic carbocycles. The van der Waals surface area contributed by atoms with Crippen molar-refractivity contribution in [2.24, 2.45) is 0 Å². The lowest BCUT2D eigenvalue weighted by molar-refractivity contribution is 0.685. The van der Waals surface area contributed by atoms with Gasteiger partial charge in [-0.3, -0.25) is 0 Å². The molecule has 90 valence electrons. The van der Waals surface area contributed by atoms with E-state index >= 15 is 0 Å². The molecule has 0 aliphatic heterocycles. The maximum absolute atomic E-state index is 8.54. The lowest BCUT2D eigenvalue weighted by Gasteiger charge is -2.22. The van der Waals surface area contributed by atoms with Crippen LogP contribution in [0, 0.1) is 11.3 Å². The first kappa shape index (κ1) is 12.0. The van der Waals surface area contributed by atoms with Gasteiger partial charge in [0.2, 0.25) is 0 Å². The summed E-state index contributed by atoms with van der Waals surface area (Å²) in [6.07, 6.45) is 6.74. The number of benzene rings is 1. The van der Waals surface area contributed by atoms with E-state index in [4.69, 9.17) is 5.26 Å². The van der Waals surface area contributed by atoms with Crippen molar-refractivity contribution in [1.82, 2.24) is 0 Å². The maximum Gasteiger partial charge on any atom is 0.0622 e. The Morgan fingerprint density at radius 1 is 1.24 bits per heavy atom. The third kappa shape index (κ3) is 3.00. The average molecular weight is 228 g/mol. The number of hydrogen-bond acceptors (Lipinski definition) is 2. The van der Waals surface area contributed by atoms with Gasteiger partial charge in [-0.05, 0) is 55.4 Å². The molecule has 0 amide bonds. The molecule has 1 aliphatic carbocycles. The molecule has 0 heterocycles. The van der Waals surface area contributed by atoms with E-state index in [1.165, 1.54) is 42.5 Å². The highest BCUT2D eigenvalue weighted by molar-refractivity contribution is 5.51. The zero-order chi connectivity index (χ0) is 12.1. The third-order valence-electron chi connectivity index (χ3n) is 3.55. The van der Waals surface area contributed by atoms with E-state index in [0.717, 1.165) is 13.0 Å². The van der Waals surface area contributed by atoms with Crippen molar-refractivity contribution in [1.29, 1.82) is 5.26 Å². The van der Waals surface area contributed by atoms with Gasteiger partial charge in [0.25, 0.3) is 0 Å². The van der Waals surface area contributed by atoms with Crippen LogP contribution in [0.1, 0.15) is 36.8 Å². The molecule has 2 rings (SSSR count). The lowest BCUT2D eigenvalue weighted by Crippen LogP contribution is -2.19. The molecule has 0 spiro atoms. The van der Waals surface area contributed by atoms with Gasteiger partial charge >= 0.3 is 0 Å². The fourth-order valence-electron chi connectivity index (χ4n) is 2.48. The van der Waals surface area contributed by atoms with Gasteiger partial charge in [-0.2, -0.15) is 5.26 Å². The monoisotopic (exact) mass is 228 g/mol. The SMILES string of the molecule is CN(CCCC#N)c1ccc2c(c1)CCCC2. The third-order valence-corrected chi connectivity index (χ3v) is 3.55. The fraction of sp³-hybridized carbons (Fsp3) is 0.533. The normalized spacial score (nSPS) is 13.9. The van der Waals surface area contributed by atoms with Crippen molar-refractivity contribution >= 4 is 5.69 Å². The molecule has 2 nitrogen and oxygen atoms in total. The highest BCUT2D eigenvalue weighted by Gasteiger charge is 2.10. The Hall–Kier alpha value is -1.49. The predicted octanol–water partition coefficient (Wildman–Crippen LogP) is 3.31. The zero-order valence-electron chi connectivity index (χ0n) is 10.6. The molecule has 0 radical (unpaired) electrons. The second kappa shape index (κ2) is 5.72. The van der Waals surface area contributed by atoms with Crippen molar-refractivity contribution < 1.29 is 0 Å². The fourth-order valence-corrected chi connectivity index (χ4v) is 2.48. The smallest absolute Gasteiger partial charge is 0.0622 e. The summed E-state index contributed by atoms with van der Waals surface area (Å²) in [5, 5.41) is 8.54. The summed E-state index contributed by atoms with van der Waals surface area (Å²) in [7, 11) is 2.11. The van der Waals surface area contributed by atoms with Crippen LogP contribution >= 0.6 is 0 Å².